The number of hydrogen-bond donors (Lipinski definition) is 1. The number of benzene rings is 1. The van der Waals surface area contributed by atoms with Crippen molar-refractivity contribution < 1.29 is 23.8 Å². The molecule has 3 rings (SSSR count). The molecule has 3 aromatic rings. The van der Waals surface area contributed by atoms with Gasteiger partial charge in [-0.25, -0.2) is 0 Å². The zero-order valence-corrected chi connectivity index (χ0v) is 14.3. The molecule has 0 unspecified atom stereocenters. The number of hydrogen-bond acceptors (Lipinski definition) is 6. The van der Waals surface area contributed by atoms with Crippen LogP contribution in [-0.4, -0.2) is 25.1 Å². The number of rotatable bonds is 5. The number of thiophene rings is 1. The summed E-state index contributed by atoms with van der Waals surface area (Å²) in [5.41, 5.74) is 1.47. The Balaban J connectivity index is 2.14. The normalized spacial score (nSPS) is 11.3. The molecule has 0 saturated carbocycles. The van der Waals surface area contributed by atoms with Crippen LogP contribution in [0.4, 0.5) is 0 Å². The minimum Gasteiger partial charge on any atom is -0.504 e. The van der Waals surface area contributed by atoms with Crippen molar-refractivity contribution >= 4 is 34.2 Å². The smallest absolute Gasteiger partial charge is 0.205 e. The van der Waals surface area contributed by atoms with Crippen molar-refractivity contribution in [1.29, 1.82) is 0 Å². The molecule has 0 bridgehead atoms. The van der Waals surface area contributed by atoms with E-state index in [0.29, 0.717) is 11.0 Å². The molecule has 1 N–H and O–H groups in total. The van der Waals surface area contributed by atoms with Gasteiger partial charge in [0.25, 0.3) is 0 Å². The second kappa shape index (κ2) is 6.41. The predicted molar refractivity (Wildman–Crippen MR) is 93.4 cm³/mol. The summed E-state index contributed by atoms with van der Waals surface area (Å²) < 4.78 is 15.9. The number of aryl methyl sites for hydroxylation is 1. The summed E-state index contributed by atoms with van der Waals surface area (Å²) in [7, 11) is 2.85. The summed E-state index contributed by atoms with van der Waals surface area (Å²) in [5.74, 6) is -0.303. The van der Waals surface area contributed by atoms with E-state index in [1.54, 1.807) is 12.1 Å². The van der Waals surface area contributed by atoms with Crippen molar-refractivity contribution in [3.05, 3.63) is 45.9 Å². The first-order valence-electron chi connectivity index (χ1n) is 7.19. The predicted octanol–water partition coefficient (Wildman–Crippen LogP) is 4.42. The standard InChI is InChI=1S/C18H16O5S/c1-10-7-9-24-13(10)5-4-12(19)14-15(20)18(22-3)17-11(6-8-23-17)16(14)21-2/h4-9,20H,1-3H3/b5-4+. The van der Waals surface area contributed by atoms with Crippen LogP contribution in [0.25, 0.3) is 17.0 Å². The van der Waals surface area contributed by atoms with Crippen molar-refractivity contribution in [2.75, 3.05) is 14.2 Å². The van der Waals surface area contributed by atoms with Crippen LogP contribution in [-0.2, 0) is 0 Å². The van der Waals surface area contributed by atoms with Crippen LogP contribution in [0, 0.1) is 6.92 Å². The molecule has 0 fully saturated rings. The molecule has 0 atom stereocenters. The summed E-state index contributed by atoms with van der Waals surface area (Å²) in [5, 5.41) is 13.0. The van der Waals surface area contributed by atoms with E-state index in [2.05, 4.69) is 0 Å². The maximum atomic E-state index is 12.7. The van der Waals surface area contributed by atoms with Gasteiger partial charge in [0.15, 0.2) is 17.1 Å². The van der Waals surface area contributed by atoms with Crippen molar-refractivity contribution in [1.82, 2.24) is 0 Å². The highest BCUT2D eigenvalue weighted by atomic mass is 32.1. The third kappa shape index (κ3) is 2.55. The second-order valence-corrected chi connectivity index (χ2v) is 6.07. The minimum atomic E-state index is -0.376. The van der Waals surface area contributed by atoms with Gasteiger partial charge in [-0.15, -0.1) is 11.3 Å². The van der Waals surface area contributed by atoms with Crippen LogP contribution in [0.1, 0.15) is 20.8 Å². The molecule has 2 aromatic heterocycles. The zero-order valence-electron chi connectivity index (χ0n) is 13.5. The molecule has 24 heavy (non-hydrogen) atoms. The highest BCUT2D eigenvalue weighted by molar-refractivity contribution is 7.11. The fourth-order valence-corrected chi connectivity index (χ4v) is 3.37. The molecule has 124 valence electrons. The number of fused-ring (bicyclic) bond motifs is 1. The van der Waals surface area contributed by atoms with E-state index in [9.17, 15) is 9.90 Å². The molecule has 0 aliphatic rings. The maximum absolute atomic E-state index is 12.7. The lowest BCUT2D eigenvalue weighted by Crippen LogP contribution is -2.02. The van der Waals surface area contributed by atoms with Crippen LogP contribution in [0.3, 0.4) is 0 Å². The highest BCUT2D eigenvalue weighted by Crippen LogP contribution is 2.45. The Labute approximate surface area is 142 Å². The number of methoxy groups -OCH3 is 2. The Morgan fingerprint density at radius 2 is 2.00 bits per heavy atom. The van der Waals surface area contributed by atoms with Gasteiger partial charge < -0.3 is 19.0 Å². The fraction of sp³-hybridized carbons (Fsp3) is 0.167. The molecule has 5 nitrogen and oxygen atoms in total. The summed E-state index contributed by atoms with van der Waals surface area (Å²) >= 11 is 1.54. The summed E-state index contributed by atoms with van der Waals surface area (Å²) in [6.07, 6.45) is 4.60. The average molecular weight is 344 g/mol. The Kier molecular flexibility index (Phi) is 4.31. The van der Waals surface area contributed by atoms with Gasteiger partial charge in [0.2, 0.25) is 5.75 Å². The number of ether oxygens (including phenoxy) is 2. The van der Waals surface area contributed by atoms with Crippen LogP contribution < -0.4 is 9.47 Å². The van der Waals surface area contributed by atoms with Crippen LogP contribution in [0.2, 0.25) is 0 Å². The first kappa shape index (κ1) is 16.1. The number of phenolic OH excluding ortho intramolecular Hbond substituents is 1. The number of ketones is 1. The van der Waals surface area contributed by atoms with E-state index in [1.165, 1.54) is 37.9 Å². The Morgan fingerprint density at radius 1 is 1.25 bits per heavy atom. The quantitative estimate of drug-likeness (QED) is 0.548. The van der Waals surface area contributed by atoms with E-state index >= 15 is 0 Å². The minimum absolute atomic E-state index is 0.0497. The maximum Gasteiger partial charge on any atom is 0.205 e. The Bertz CT molecular complexity index is 932. The molecule has 0 aliphatic heterocycles. The summed E-state index contributed by atoms with van der Waals surface area (Å²) in [4.78, 5) is 13.7. The van der Waals surface area contributed by atoms with Gasteiger partial charge >= 0.3 is 0 Å². The van der Waals surface area contributed by atoms with Crippen molar-refractivity contribution in [3.63, 3.8) is 0 Å². The fourth-order valence-electron chi connectivity index (χ4n) is 2.55. The topological polar surface area (TPSA) is 68.9 Å². The molecule has 2 heterocycles. The van der Waals surface area contributed by atoms with E-state index in [4.69, 9.17) is 13.9 Å². The molecule has 0 aliphatic carbocycles. The largest absolute Gasteiger partial charge is 0.504 e. The number of carbonyl (C=O) groups is 1. The first-order chi connectivity index (χ1) is 11.6. The summed E-state index contributed by atoms with van der Waals surface area (Å²) in [6, 6.07) is 3.65. The molecule has 0 radical (unpaired) electrons. The van der Waals surface area contributed by atoms with Crippen LogP contribution in [0.15, 0.2) is 34.3 Å². The summed E-state index contributed by atoms with van der Waals surface area (Å²) in [6.45, 7) is 1.97. The SMILES string of the molecule is COc1c(C(=O)/C=C/c2sccc2C)c(O)c(OC)c2occc12. The van der Waals surface area contributed by atoms with Crippen molar-refractivity contribution in [2.24, 2.45) is 0 Å². The average Bonchev–Trinajstić information content (AvgIpc) is 3.20. The van der Waals surface area contributed by atoms with E-state index in [1.807, 2.05) is 18.4 Å². The van der Waals surface area contributed by atoms with Crippen molar-refractivity contribution in [3.8, 4) is 17.2 Å². The molecule has 0 spiro atoms. The van der Waals surface area contributed by atoms with Gasteiger partial charge in [0.1, 0.15) is 11.3 Å². The number of carbonyl (C=O) groups excluding carboxylic acids is 1. The lowest BCUT2D eigenvalue weighted by molar-refractivity contribution is 0.104. The molecule has 0 saturated heterocycles. The number of allylic oxidation sites excluding steroid dienone is 1. The number of furan rings is 1. The number of aromatic hydroxyl groups is 1. The first-order valence-corrected chi connectivity index (χ1v) is 8.07. The monoisotopic (exact) mass is 344 g/mol. The van der Waals surface area contributed by atoms with E-state index in [-0.39, 0.29) is 28.6 Å². The lowest BCUT2D eigenvalue weighted by Gasteiger charge is -2.12. The zero-order chi connectivity index (χ0) is 17.3. The molecular weight excluding hydrogens is 328 g/mol. The number of phenols is 1. The molecular formula is C18H16O5S. The van der Waals surface area contributed by atoms with E-state index < -0.39 is 0 Å². The van der Waals surface area contributed by atoms with Gasteiger partial charge in [0.05, 0.1) is 25.9 Å². The van der Waals surface area contributed by atoms with Crippen molar-refractivity contribution in [2.45, 2.75) is 6.92 Å². The Morgan fingerprint density at radius 3 is 2.62 bits per heavy atom. The Hall–Kier alpha value is -2.73. The van der Waals surface area contributed by atoms with Crippen LogP contribution in [0.5, 0.6) is 17.2 Å². The van der Waals surface area contributed by atoms with Gasteiger partial charge in [-0.05, 0) is 42.2 Å². The third-order valence-corrected chi connectivity index (χ3v) is 4.72. The van der Waals surface area contributed by atoms with Gasteiger partial charge in [-0.1, -0.05) is 0 Å². The van der Waals surface area contributed by atoms with Gasteiger partial charge in [-0.3, -0.25) is 4.79 Å². The molecule has 0 amide bonds. The van der Waals surface area contributed by atoms with E-state index in [0.717, 1.165) is 10.4 Å². The lowest BCUT2D eigenvalue weighted by atomic mass is 10.0. The molecule has 6 heteroatoms. The third-order valence-electron chi connectivity index (χ3n) is 3.74. The molecule has 1 aromatic carbocycles. The van der Waals surface area contributed by atoms with Gasteiger partial charge in [0, 0.05) is 4.88 Å². The van der Waals surface area contributed by atoms with Gasteiger partial charge in [-0.2, -0.15) is 0 Å². The highest BCUT2D eigenvalue weighted by Gasteiger charge is 2.26. The second-order valence-electron chi connectivity index (χ2n) is 5.12. The van der Waals surface area contributed by atoms with Crippen LogP contribution >= 0.6 is 11.3 Å².